The predicted molar refractivity (Wildman–Crippen MR) is 114 cm³/mol. The van der Waals surface area contributed by atoms with Crippen molar-refractivity contribution in [3.05, 3.63) is 47.3 Å². The lowest BCUT2D eigenvalue weighted by Gasteiger charge is -2.28. The predicted octanol–water partition coefficient (Wildman–Crippen LogP) is 8.09. The second kappa shape index (κ2) is 11.0. The SMILES string of the molecule is CCCC1CCC(COc2ccc(-c3ccc(OCC)c(F)c3C(F)F)c(F)c2F)CC1. The Balaban J connectivity index is 1.79. The molecule has 0 aliphatic heterocycles. The summed E-state index contributed by atoms with van der Waals surface area (Å²) in [5.41, 5.74) is -1.89. The first kappa shape index (κ1) is 24.3. The highest BCUT2D eigenvalue weighted by Crippen LogP contribution is 2.40. The fourth-order valence-corrected chi connectivity index (χ4v) is 4.44. The molecule has 32 heavy (non-hydrogen) atoms. The third-order valence-corrected chi connectivity index (χ3v) is 6.14. The standard InChI is InChI=1S/C25H29F5O2/c1-3-5-15-6-8-16(9-7-15)14-32-20-13-11-18(22(26)24(20)28)17-10-12-19(31-4-2)23(27)21(17)25(29)30/h10-13,15-16,25H,3-9,14H2,1-2H3. The van der Waals surface area contributed by atoms with Crippen LogP contribution >= 0.6 is 0 Å². The van der Waals surface area contributed by atoms with E-state index < -0.39 is 40.6 Å². The average molecular weight is 456 g/mol. The molecule has 2 nitrogen and oxygen atoms in total. The van der Waals surface area contributed by atoms with Crippen LogP contribution in [0.2, 0.25) is 0 Å². The lowest BCUT2D eigenvalue weighted by Crippen LogP contribution is -2.20. The van der Waals surface area contributed by atoms with Gasteiger partial charge >= 0.3 is 0 Å². The minimum atomic E-state index is -3.23. The number of halogens is 5. The van der Waals surface area contributed by atoms with Gasteiger partial charge in [-0.05, 0) is 61.4 Å². The quantitative estimate of drug-likeness (QED) is 0.355. The summed E-state index contributed by atoms with van der Waals surface area (Å²) in [6, 6.07) is 4.60. The maximum atomic E-state index is 14.8. The van der Waals surface area contributed by atoms with Gasteiger partial charge in [-0.25, -0.2) is 17.6 Å². The van der Waals surface area contributed by atoms with Crippen molar-refractivity contribution in [1.29, 1.82) is 0 Å². The van der Waals surface area contributed by atoms with E-state index >= 15 is 0 Å². The number of benzene rings is 2. The summed E-state index contributed by atoms with van der Waals surface area (Å²) >= 11 is 0. The Labute approximate surface area is 185 Å². The van der Waals surface area contributed by atoms with Crippen molar-refractivity contribution >= 4 is 0 Å². The molecule has 176 valence electrons. The van der Waals surface area contributed by atoms with E-state index in [4.69, 9.17) is 9.47 Å². The Morgan fingerprint density at radius 1 is 0.781 bits per heavy atom. The number of hydrogen-bond acceptors (Lipinski definition) is 2. The molecule has 1 aliphatic carbocycles. The molecule has 0 aromatic heterocycles. The number of rotatable bonds is 9. The Morgan fingerprint density at radius 3 is 1.97 bits per heavy atom. The average Bonchev–Trinajstić information content (AvgIpc) is 2.77. The van der Waals surface area contributed by atoms with Gasteiger partial charge in [0.2, 0.25) is 5.82 Å². The van der Waals surface area contributed by atoms with Crippen LogP contribution in [0.5, 0.6) is 11.5 Å². The van der Waals surface area contributed by atoms with Gasteiger partial charge in [0.1, 0.15) is 0 Å². The molecule has 2 aromatic carbocycles. The lowest BCUT2D eigenvalue weighted by molar-refractivity contribution is 0.145. The minimum absolute atomic E-state index is 0.0776. The van der Waals surface area contributed by atoms with Crippen molar-refractivity contribution < 1.29 is 31.4 Å². The van der Waals surface area contributed by atoms with E-state index in [2.05, 4.69) is 6.92 Å². The molecule has 0 atom stereocenters. The first-order valence-corrected chi connectivity index (χ1v) is 11.2. The summed E-state index contributed by atoms with van der Waals surface area (Å²) in [5, 5.41) is 0. The van der Waals surface area contributed by atoms with Crippen LogP contribution in [0.3, 0.4) is 0 Å². The molecule has 0 heterocycles. The lowest BCUT2D eigenvalue weighted by atomic mass is 9.80. The smallest absolute Gasteiger partial charge is 0.267 e. The second-order valence-electron chi connectivity index (χ2n) is 8.30. The molecule has 0 amide bonds. The zero-order chi connectivity index (χ0) is 23.3. The number of ether oxygens (including phenoxy) is 2. The molecule has 2 aromatic rings. The molecule has 1 saturated carbocycles. The molecule has 1 aliphatic rings. The molecular formula is C25H29F5O2. The van der Waals surface area contributed by atoms with Crippen molar-refractivity contribution in [1.82, 2.24) is 0 Å². The molecule has 0 saturated heterocycles. The van der Waals surface area contributed by atoms with E-state index in [-0.39, 0.29) is 30.6 Å². The van der Waals surface area contributed by atoms with E-state index in [0.29, 0.717) is 0 Å². The van der Waals surface area contributed by atoms with Crippen molar-refractivity contribution in [2.45, 2.75) is 58.8 Å². The third kappa shape index (κ3) is 5.36. The molecule has 3 rings (SSSR count). The van der Waals surface area contributed by atoms with Gasteiger partial charge in [0.25, 0.3) is 6.43 Å². The first-order chi connectivity index (χ1) is 15.4. The van der Waals surface area contributed by atoms with Crippen LogP contribution < -0.4 is 9.47 Å². The summed E-state index contributed by atoms with van der Waals surface area (Å²) in [4.78, 5) is 0. The van der Waals surface area contributed by atoms with Gasteiger partial charge in [0, 0.05) is 5.56 Å². The zero-order valence-corrected chi connectivity index (χ0v) is 18.4. The number of hydrogen-bond donors (Lipinski definition) is 0. The molecule has 1 fully saturated rings. The van der Waals surface area contributed by atoms with E-state index in [1.807, 2.05) is 0 Å². The van der Waals surface area contributed by atoms with Gasteiger partial charge in [0.15, 0.2) is 23.1 Å². The molecule has 0 unspecified atom stereocenters. The van der Waals surface area contributed by atoms with Crippen LogP contribution in [0.1, 0.15) is 64.4 Å². The maximum absolute atomic E-state index is 14.8. The molecule has 0 N–H and O–H groups in total. The molecule has 0 spiro atoms. The normalized spacial score (nSPS) is 18.8. The van der Waals surface area contributed by atoms with Gasteiger partial charge in [0.05, 0.1) is 18.8 Å². The Bertz CT molecular complexity index is 908. The van der Waals surface area contributed by atoms with Gasteiger partial charge < -0.3 is 9.47 Å². The highest BCUT2D eigenvalue weighted by molar-refractivity contribution is 5.70. The summed E-state index contributed by atoms with van der Waals surface area (Å²) in [7, 11) is 0. The van der Waals surface area contributed by atoms with Gasteiger partial charge in [-0.1, -0.05) is 32.6 Å². The Hall–Kier alpha value is -2.31. The first-order valence-electron chi connectivity index (χ1n) is 11.2. The summed E-state index contributed by atoms with van der Waals surface area (Å²) < 4.78 is 81.7. The maximum Gasteiger partial charge on any atom is 0.267 e. The molecule has 0 bridgehead atoms. The fraction of sp³-hybridized carbons (Fsp3) is 0.520. The van der Waals surface area contributed by atoms with Crippen LogP contribution in [-0.4, -0.2) is 13.2 Å². The van der Waals surface area contributed by atoms with Crippen LogP contribution in [0, 0.1) is 29.3 Å². The van der Waals surface area contributed by atoms with Crippen molar-refractivity contribution in [2.75, 3.05) is 13.2 Å². The van der Waals surface area contributed by atoms with Gasteiger partial charge in [-0.3, -0.25) is 0 Å². The zero-order valence-electron chi connectivity index (χ0n) is 18.4. The van der Waals surface area contributed by atoms with E-state index in [1.165, 1.54) is 12.5 Å². The van der Waals surface area contributed by atoms with Crippen LogP contribution in [-0.2, 0) is 0 Å². The summed E-state index contributed by atoms with van der Waals surface area (Å²) in [6.45, 7) is 4.10. The largest absolute Gasteiger partial charge is 0.491 e. The van der Waals surface area contributed by atoms with Crippen molar-refractivity contribution in [3.63, 3.8) is 0 Å². The Morgan fingerprint density at radius 2 is 1.38 bits per heavy atom. The van der Waals surface area contributed by atoms with Gasteiger partial charge in [-0.2, -0.15) is 4.39 Å². The monoisotopic (exact) mass is 456 g/mol. The second-order valence-corrected chi connectivity index (χ2v) is 8.30. The number of alkyl halides is 2. The third-order valence-electron chi connectivity index (χ3n) is 6.14. The minimum Gasteiger partial charge on any atom is -0.491 e. The van der Waals surface area contributed by atoms with E-state index in [9.17, 15) is 22.0 Å². The molecular weight excluding hydrogens is 427 g/mol. The molecule has 0 radical (unpaired) electrons. The van der Waals surface area contributed by atoms with E-state index in [0.717, 1.165) is 56.2 Å². The van der Waals surface area contributed by atoms with Crippen molar-refractivity contribution in [2.24, 2.45) is 11.8 Å². The van der Waals surface area contributed by atoms with Crippen LogP contribution in [0.25, 0.3) is 11.1 Å². The van der Waals surface area contributed by atoms with Gasteiger partial charge in [-0.15, -0.1) is 0 Å². The van der Waals surface area contributed by atoms with Crippen LogP contribution in [0.4, 0.5) is 22.0 Å². The highest BCUT2D eigenvalue weighted by Gasteiger charge is 2.27. The van der Waals surface area contributed by atoms with Crippen molar-refractivity contribution in [3.8, 4) is 22.6 Å². The fourth-order valence-electron chi connectivity index (χ4n) is 4.44. The topological polar surface area (TPSA) is 18.5 Å². The van der Waals surface area contributed by atoms with Crippen LogP contribution in [0.15, 0.2) is 24.3 Å². The highest BCUT2D eigenvalue weighted by atomic mass is 19.3. The molecule has 7 heteroatoms. The summed E-state index contributed by atoms with van der Waals surface area (Å²) in [5.74, 6) is -3.53. The van der Waals surface area contributed by atoms with E-state index in [1.54, 1.807) is 6.92 Å². The summed E-state index contributed by atoms with van der Waals surface area (Å²) in [6.07, 6.45) is 3.32. The Kier molecular flexibility index (Phi) is 8.38.